The van der Waals surface area contributed by atoms with E-state index in [4.69, 9.17) is 5.73 Å². The van der Waals surface area contributed by atoms with Crippen LogP contribution in [0.25, 0.3) is 0 Å². The van der Waals surface area contributed by atoms with Crippen LogP contribution in [0.3, 0.4) is 0 Å². The van der Waals surface area contributed by atoms with E-state index in [1.165, 1.54) is 0 Å². The molecule has 1 heterocycles. The summed E-state index contributed by atoms with van der Waals surface area (Å²) >= 11 is 1.71. The van der Waals surface area contributed by atoms with Crippen LogP contribution in [-0.4, -0.2) is 37.6 Å². The summed E-state index contributed by atoms with van der Waals surface area (Å²) < 4.78 is 24.4. The van der Waals surface area contributed by atoms with Gasteiger partial charge >= 0.3 is 0 Å². The first kappa shape index (κ1) is 14.7. The van der Waals surface area contributed by atoms with E-state index in [0.717, 1.165) is 23.5 Å². The molecule has 6 heteroatoms. The van der Waals surface area contributed by atoms with Gasteiger partial charge in [0.15, 0.2) is 9.84 Å². The van der Waals surface area contributed by atoms with Crippen LogP contribution >= 0.6 is 11.8 Å². The predicted octanol–water partition coefficient (Wildman–Crippen LogP) is 1.46. The SMILES string of the molecule is CCS(=O)(=O)C1CSCCN1c1cccc(CN)c1. The molecule has 0 bridgehead atoms. The average Bonchev–Trinajstić information content (AvgIpc) is 2.47. The van der Waals surface area contributed by atoms with Crippen LogP contribution in [0.4, 0.5) is 5.69 Å². The fourth-order valence-corrected chi connectivity index (χ4v) is 5.22. The van der Waals surface area contributed by atoms with Gasteiger partial charge in [0.1, 0.15) is 5.37 Å². The first-order valence-electron chi connectivity index (χ1n) is 6.43. The van der Waals surface area contributed by atoms with Crippen LogP contribution in [0.2, 0.25) is 0 Å². The Morgan fingerprint density at radius 2 is 2.26 bits per heavy atom. The van der Waals surface area contributed by atoms with Gasteiger partial charge in [0, 0.05) is 36.0 Å². The molecule has 0 radical (unpaired) electrons. The van der Waals surface area contributed by atoms with Crippen molar-refractivity contribution in [2.45, 2.75) is 18.8 Å². The van der Waals surface area contributed by atoms with Crippen molar-refractivity contribution >= 4 is 27.3 Å². The fraction of sp³-hybridized carbons (Fsp3) is 0.538. The lowest BCUT2D eigenvalue weighted by Crippen LogP contribution is -2.48. The highest BCUT2D eigenvalue weighted by molar-refractivity contribution is 8.01. The molecule has 1 saturated heterocycles. The van der Waals surface area contributed by atoms with Gasteiger partial charge in [-0.1, -0.05) is 19.1 Å². The highest BCUT2D eigenvalue weighted by Crippen LogP contribution is 2.27. The summed E-state index contributed by atoms with van der Waals surface area (Å²) in [6.07, 6.45) is 0. The van der Waals surface area contributed by atoms with Crippen molar-refractivity contribution in [1.29, 1.82) is 0 Å². The Balaban J connectivity index is 2.34. The smallest absolute Gasteiger partial charge is 0.171 e. The lowest BCUT2D eigenvalue weighted by atomic mass is 10.2. The van der Waals surface area contributed by atoms with Gasteiger partial charge in [0.2, 0.25) is 0 Å². The third kappa shape index (κ3) is 3.24. The summed E-state index contributed by atoms with van der Waals surface area (Å²) in [7, 11) is -3.06. The van der Waals surface area contributed by atoms with E-state index in [0.29, 0.717) is 12.3 Å². The van der Waals surface area contributed by atoms with Crippen LogP contribution in [0.15, 0.2) is 24.3 Å². The molecule has 1 atom stereocenters. The minimum absolute atomic E-state index is 0.186. The highest BCUT2D eigenvalue weighted by atomic mass is 32.2. The molecule has 1 fully saturated rings. The van der Waals surface area contributed by atoms with Gasteiger partial charge in [-0.25, -0.2) is 8.42 Å². The maximum atomic E-state index is 12.2. The number of thioether (sulfide) groups is 1. The van der Waals surface area contributed by atoms with E-state index < -0.39 is 15.2 Å². The number of hydrogen-bond donors (Lipinski definition) is 1. The standard InChI is InChI=1S/C13H20N2O2S2/c1-2-19(16,17)13-10-18-7-6-15(13)12-5-3-4-11(8-12)9-14/h3-5,8,13H,2,6-7,9-10,14H2,1H3. The Bertz CT molecular complexity index is 531. The number of nitrogens with zero attached hydrogens (tertiary/aromatic N) is 1. The maximum absolute atomic E-state index is 12.2. The molecule has 2 N–H and O–H groups in total. The molecular formula is C13H20N2O2S2. The number of benzene rings is 1. The van der Waals surface area contributed by atoms with Crippen LogP contribution in [0.5, 0.6) is 0 Å². The number of anilines is 1. The van der Waals surface area contributed by atoms with Crippen LogP contribution in [0, 0.1) is 0 Å². The summed E-state index contributed by atoms with van der Waals surface area (Å²) in [5, 5.41) is -0.413. The molecule has 1 aromatic rings. The number of nitrogens with two attached hydrogens (primary N) is 1. The highest BCUT2D eigenvalue weighted by Gasteiger charge is 2.32. The van der Waals surface area contributed by atoms with Crippen molar-refractivity contribution in [2.75, 3.05) is 28.7 Å². The van der Waals surface area contributed by atoms with Crippen molar-refractivity contribution in [2.24, 2.45) is 5.73 Å². The molecule has 1 aromatic carbocycles. The molecule has 2 rings (SSSR count). The first-order valence-corrected chi connectivity index (χ1v) is 9.30. The zero-order valence-corrected chi connectivity index (χ0v) is 12.7. The summed E-state index contributed by atoms with van der Waals surface area (Å²) in [6.45, 7) is 2.95. The normalized spacial score (nSPS) is 20.5. The lowest BCUT2D eigenvalue weighted by molar-refractivity contribution is 0.579. The van der Waals surface area contributed by atoms with Crippen molar-refractivity contribution in [1.82, 2.24) is 0 Å². The molecule has 0 aliphatic carbocycles. The monoisotopic (exact) mass is 300 g/mol. The van der Waals surface area contributed by atoms with Crippen molar-refractivity contribution < 1.29 is 8.42 Å². The van der Waals surface area contributed by atoms with E-state index in [-0.39, 0.29) is 5.75 Å². The summed E-state index contributed by atoms with van der Waals surface area (Å²) in [5.41, 5.74) is 7.65. The van der Waals surface area contributed by atoms with E-state index in [1.54, 1.807) is 18.7 Å². The zero-order chi connectivity index (χ0) is 13.9. The Morgan fingerprint density at radius 1 is 1.47 bits per heavy atom. The van der Waals surface area contributed by atoms with E-state index in [2.05, 4.69) is 0 Å². The van der Waals surface area contributed by atoms with Gasteiger partial charge in [-0.3, -0.25) is 0 Å². The molecule has 1 aliphatic rings. The molecule has 0 amide bonds. The zero-order valence-electron chi connectivity index (χ0n) is 11.1. The topological polar surface area (TPSA) is 63.4 Å². The average molecular weight is 300 g/mol. The van der Waals surface area contributed by atoms with E-state index in [9.17, 15) is 8.42 Å². The van der Waals surface area contributed by atoms with Crippen LogP contribution < -0.4 is 10.6 Å². The Labute approximate surface area is 119 Å². The molecule has 0 spiro atoms. The van der Waals surface area contributed by atoms with Gasteiger partial charge in [-0.05, 0) is 17.7 Å². The largest absolute Gasteiger partial charge is 0.353 e. The van der Waals surface area contributed by atoms with Gasteiger partial charge < -0.3 is 10.6 Å². The third-order valence-electron chi connectivity index (χ3n) is 3.38. The van der Waals surface area contributed by atoms with Crippen LogP contribution in [0.1, 0.15) is 12.5 Å². The van der Waals surface area contributed by atoms with Gasteiger partial charge in [0.25, 0.3) is 0 Å². The number of hydrogen-bond acceptors (Lipinski definition) is 5. The Hall–Kier alpha value is -0.720. The summed E-state index contributed by atoms with van der Waals surface area (Å²) in [6, 6.07) is 7.86. The number of sulfone groups is 1. The second-order valence-electron chi connectivity index (χ2n) is 4.55. The third-order valence-corrected chi connectivity index (χ3v) is 6.67. The Morgan fingerprint density at radius 3 is 2.95 bits per heavy atom. The van der Waals surface area contributed by atoms with Crippen molar-refractivity contribution in [3.05, 3.63) is 29.8 Å². The van der Waals surface area contributed by atoms with Crippen LogP contribution in [-0.2, 0) is 16.4 Å². The minimum Gasteiger partial charge on any atom is -0.353 e. The fourth-order valence-electron chi connectivity index (χ4n) is 2.23. The molecule has 106 valence electrons. The van der Waals surface area contributed by atoms with Crippen molar-refractivity contribution in [3.63, 3.8) is 0 Å². The summed E-state index contributed by atoms with van der Waals surface area (Å²) in [4.78, 5) is 2.01. The predicted molar refractivity (Wildman–Crippen MR) is 82.3 cm³/mol. The second-order valence-corrected chi connectivity index (χ2v) is 8.15. The van der Waals surface area contributed by atoms with E-state index >= 15 is 0 Å². The molecule has 19 heavy (non-hydrogen) atoms. The number of rotatable bonds is 4. The quantitative estimate of drug-likeness (QED) is 0.912. The first-order chi connectivity index (χ1) is 9.08. The molecule has 0 aromatic heterocycles. The molecule has 1 unspecified atom stereocenters. The van der Waals surface area contributed by atoms with Gasteiger partial charge in [-0.15, -0.1) is 0 Å². The van der Waals surface area contributed by atoms with Gasteiger partial charge in [-0.2, -0.15) is 11.8 Å². The van der Waals surface area contributed by atoms with E-state index in [1.807, 2.05) is 29.2 Å². The molecule has 4 nitrogen and oxygen atoms in total. The molecule has 0 saturated carbocycles. The second kappa shape index (κ2) is 6.15. The Kier molecular flexibility index (Phi) is 4.76. The molecular weight excluding hydrogens is 280 g/mol. The molecule has 1 aliphatic heterocycles. The lowest BCUT2D eigenvalue weighted by Gasteiger charge is -2.36. The maximum Gasteiger partial charge on any atom is 0.171 e. The van der Waals surface area contributed by atoms with Crippen molar-refractivity contribution in [3.8, 4) is 0 Å². The summed E-state index contributed by atoms with van der Waals surface area (Å²) in [5.74, 6) is 1.79. The van der Waals surface area contributed by atoms with Gasteiger partial charge in [0.05, 0.1) is 0 Å². The minimum atomic E-state index is -3.06.